The molecule has 0 spiro atoms. The van der Waals surface area contributed by atoms with E-state index in [4.69, 9.17) is 0 Å². The number of Topliss-reactive ketones (excluding diaryl/α,β-unsaturated/α-hetero) is 1. The highest BCUT2D eigenvalue weighted by molar-refractivity contribution is 5.83. The van der Waals surface area contributed by atoms with Crippen molar-refractivity contribution in [3.8, 4) is 0 Å². The van der Waals surface area contributed by atoms with Crippen molar-refractivity contribution in [1.29, 1.82) is 0 Å². The predicted octanol–water partition coefficient (Wildman–Crippen LogP) is 5.74. The summed E-state index contributed by atoms with van der Waals surface area (Å²) in [6.45, 7) is 2.22. The number of carbonyl (C=O) groups excluding carboxylic acids is 1. The molecule has 2 atom stereocenters. The molecule has 29 heavy (non-hydrogen) atoms. The van der Waals surface area contributed by atoms with Gasteiger partial charge in [-0.25, -0.2) is 0 Å². The molecule has 156 valence electrons. The molecule has 2 aromatic rings. The van der Waals surface area contributed by atoms with Crippen molar-refractivity contribution < 1.29 is 4.79 Å². The second-order valence-corrected chi connectivity index (χ2v) is 8.96. The molecular weight excluding hydrogens is 356 g/mol. The molecule has 2 aromatic carbocycles. The minimum Gasteiger partial charge on any atom is -0.378 e. The van der Waals surface area contributed by atoms with Crippen LogP contribution in [0, 0.1) is 11.8 Å². The van der Waals surface area contributed by atoms with Crippen molar-refractivity contribution in [1.82, 2.24) is 0 Å². The summed E-state index contributed by atoms with van der Waals surface area (Å²) in [6.07, 6.45) is 5.27. The monoisotopic (exact) mass is 392 g/mol. The van der Waals surface area contributed by atoms with Crippen LogP contribution in [0.1, 0.15) is 56.1 Å². The molecule has 3 heteroatoms. The highest BCUT2D eigenvalue weighted by Gasteiger charge is 2.35. The minimum absolute atomic E-state index is 0.0820. The summed E-state index contributed by atoms with van der Waals surface area (Å²) < 4.78 is 0. The molecule has 1 aliphatic rings. The van der Waals surface area contributed by atoms with Gasteiger partial charge in [0.05, 0.1) is 0 Å². The number of hydrogen-bond acceptors (Lipinski definition) is 3. The molecule has 1 fully saturated rings. The van der Waals surface area contributed by atoms with E-state index in [1.807, 2.05) is 0 Å². The summed E-state index contributed by atoms with van der Waals surface area (Å²) in [5, 5.41) is 0. The zero-order chi connectivity index (χ0) is 21.0. The molecule has 0 bridgehead atoms. The molecule has 0 radical (unpaired) electrons. The quantitative estimate of drug-likeness (QED) is 0.601. The Kier molecular flexibility index (Phi) is 7.00. The lowest BCUT2D eigenvalue weighted by Crippen LogP contribution is -2.30. The first-order chi connectivity index (χ1) is 13.9. The Hall–Kier alpha value is -2.29. The molecule has 1 aliphatic carbocycles. The van der Waals surface area contributed by atoms with E-state index in [1.54, 1.807) is 0 Å². The number of nitrogens with zero attached hydrogens (tertiary/aromatic N) is 2. The fourth-order valence-electron chi connectivity index (χ4n) is 4.74. The second kappa shape index (κ2) is 9.47. The van der Waals surface area contributed by atoms with Gasteiger partial charge in [0.25, 0.3) is 0 Å². The highest BCUT2D eigenvalue weighted by atomic mass is 16.1. The molecule has 0 heterocycles. The van der Waals surface area contributed by atoms with E-state index < -0.39 is 0 Å². The van der Waals surface area contributed by atoms with Crippen molar-refractivity contribution in [3.63, 3.8) is 0 Å². The van der Waals surface area contributed by atoms with Gasteiger partial charge in [-0.1, -0.05) is 44.0 Å². The number of hydrogen-bond donors (Lipinski definition) is 0. The maximum absolute atomic E-state index is 13.2. The van der Waals surface area contributed by atoms with Crippen molar-refractivity contribution in [2.75, 3.05) is 38.0 Å². The van der Waals surface area contributed by atoms with E-state index in [2.05, 4.69) is 93.4 Å². The van der Waals surface area contributed by atoms with Crippen LogP contribution in [0.4, 0.5) is 11.4 Å². The summed E-state index contributed by atoms with van der Waals surface area (Å²) in [5.74, 6) is 1.25. The predicted molar refractivity (Wildman–Crippen MR) is 124 cm³/mol. The van der Waals surface area contributed by atoms with Crippen LogP contribution in [0.3, 0.4) is 0 Å². The Morgan fingerprint density at radius 2 is 1.31 bits per heavy atom. The Balaban J connectivity index is 1.94. The number of carbonyl (C=O) groups is 1. The summed E-state index contributed by atoms with van der Waals surface area (Å²) >= 11 is 0. The Morgan fingerprint density at radius 1 is 0.828 bits per heavy atom. The second-order valence-electron chi connectivity index (χ2n) is 8.96. The molecule has 0 unspecified atom stereocenters. The van der Waals surface area contributed by atoms with E-state index in [1.165, 1.54) is 41.8 Å². The average Bonchev–Trinajstić information content (AvgIpc) is 2.71. The van der Waals surface area contributed by atoms with Gasteiger partial charge in [0.1, 0.15) is 5.78 Å². The first-order valence-electron chi connectivity index (χ1n) is 11.0. The summed E-state index contributed by atoms with van der Waals surface area (Å²) in [4.78, 5) is 17.4. The van der Waals surface area contributed by atoms with Crippen molar-refractivity contribution in [3.05, 3.63) is 59.7 Å². The van der Waals surface area contributed by atoms with Gasteiger partial charge in [-0.05, 0) is 54.2 Å². The fraction of sp³-hybridized carbons (Fsp3) is 0.500. The van der Waals surface area contributed by atoms with Gasteiger partial charge in [-0.15, -0.1) is 0 Å². The summed E-state index contributed by atoms with van der Waals surface area (Å²) in [5.41, 5.74) is 4.88. The molecule has 3 nitrogen and oxygen atoms in total. The van der Waals surface area contributed by atoms with Crippen molar-refractivity contribution >= 4 is 17.2 Å². The first kappa shape index (κ1) is 21.4. The third-order valence-electron chi connectivity index (χ3n) is 6.43. The average molecular weight is 393 g/mol. The van der Waals surface area contributed by atoms with Gasteiger partial charge in [0, 0.05) is 57.8 Å². The number of rotatable bonds is 7. The third-order valence-corrected chi connectivity index (χ3v) is 6.43. The maximum Gasteiger partial charge on any atom is 0.137 e. The van der Waals surface area contributed by atoms with E-state index in [-0.39, 0.29) is 11.8 Å². The summed E-state index contributed by atoms with van der Waals surface area (Å²) in [7, 11) is 8.24. The van der Waals surface area contributed by atoms with E-state index in [0.29, 0.717) is 11.7 Å². The van der Waals surface area contributed by atoms with E-state index >= 15 is 0 Å². The molecule has 0 aromatic heterocycles. The Labute approximate surface area is 176 Å². The van der Waals surface area contributed by atoms with Gasteiger partial charge in [0.15, 0.2) is 0 Å². The maximum atomic E-state index is 13.2. The largest absolute Gasteiger partial charge is 0.378 e. The molecule has 0 aliphatic heterocycles. The molecular formula is C26H36N2O. The topological polar surface area (TPSA) is 23.6 Å². The smallest absolute Gasteiger partial charge is 0.137 e. The van der Waals surface area contributed by atoms with Crippen LogP contribution in [0.25, 0.3) is 0 Å². The number of benzene rings is 2. The lowest BCUT2D eigenvalue weighted by molar-refractivity contribution is -0.126. The van der Waals surface area contributed by atoms with Gasteiger partial charge < -0.3 is 9.80 Å². The van der Waals surface area contributed by atoms with Crippen LogP contribution in [0.2, 0.25) is 0 Å². The SMILES string of the molecule is CCC[C@H]1CC[C@@H](C(c2ccc(N(C)C)cc2)c2ccc(N(C)C)cc2)C(=O)C1. The number of anilines is 2. The summed E-state index contributed by atoms with van der Waals surface area (Å²) in [6, 6.07) is 17.5. The Morgan fingerprint density at radius 3 is 1.69 bits per heavy atom. The first-order valence-corrected chi connectivity index (χ1v) is 11.0. The highest BCUT2D eigenvalue weighted by Crippen LogP contribution is 2.41. The van der Waals surface area contributed by atoms with Crippen LogP contribution >= 0.6 is 0 Å². The zero-order valence-corrected chi connectivity index (χ0v) is 18.7. The lowest BCUT2D eigenvalue weighted by atomic mass is 9.69. The van der Waals surface area contributed by atoms with Crippen LogP contribution in [0.5, 0.6) is 0 Å². The van der Waals surface area contributed by atoms with Crippen LogP contribution in [-0.4, -0.2) is 34.0 Å². The van der Waals surface area contributed by atoms with Crippen LogP contribution < -0.4 is 9.80 Å². The van der Waals surface area contributed by atoms with E-state index in [0.717, 1.165) is 12.8 Å². The molecule has 0 amide bonds. The zero-order valence-electron chi connectivity index (χ0n) is 18.7. The normalized spacial score (nSPS) is 19.4. The van der Waals surface area contributed by atoms with Gasteiger partial charge >= 0.3 is 0 Å². The van der Waals surface area contributed by atoms with Gasteiger partial charge in [0.2, 0.25) is 0 Å². The lowest BCUT2D eigenvalue weighted by Gasteiger charge is -2.34. The van der Waals surface area contributed by atoms with Crippen molar-refractivity contribution in [2.24, 2.45) is 11.8 Å². The van der Waals surface area contributed by atoms with Crippen LogP contribution in [0.15, 0.2) is 48.5 Å². The van der Waals surface area contributed by atoms with Crippen LogP contribution in [-0.2, 0) is 4.79 Å². The minimum atomic E-state index is 0.0820. The third kappa shape index (κ3) is 5.01. The molecule has 0 N–H and O–H groups in total. The fourth-order valence-corrected chi connectivity index (χ4v) is 4.74. The van der Waals surface area contributed by atoms with Crippen molar-refractivity contribution in [2.45, 2.75) is 44.9 Å². The van der Waals surface area contributed by atoms with E-state index in [9.17, 15) is 4.79 Å². The number of ketones is 1. The van der Waals surface area contributed by atoms with Gasteiger partial charge in [-0.3, -0.25) is 4.79 Å². The van der Waals surface area contributed by atoms with Gasteiger partial charge in [-0.2, -0.15) is 0 Å². The Bertz CT molecular complexity index is 741. The molecule has 3 rings (SSSR count). The standard InChI is InChI=1S/C26H36N2O/c1-6-7-19-8-17-24(25(29)18-19)26(20-9-13-22(14-10-20)27(2)3)21-11-15-23(16-12-21)28(4)5/h9-16,19,24,26H,6-8,17-18H2,1-5H3/t19-,24+/m0/s1. The molecule has 1 saturated carbocycles. The molecule has 0 saturated heterocycles.